The van der Waals surface area contributed by atoms with Crippen molar-refractivity contribution in [2.24, 2.45) is 19.1 Å². The Morgan fingerprint density at radius 2 is 2.03 bits per heavy atom. The molecule has 0 unspecified atom stereocenters. The molecule has 0 bridgehead atoms. The zero-order valence-corrected chi connectivity index (χ0v) is 20.2. The lowest BCUT2D eigenvalue weighted by Gasteiger charge is -2.35. The van der Waals surface area contributed by atoms with E-state index < -0.39 is 0 Å². The highest BCUT2D eigenvalue weighted by Gasteiger charge is 2.27. The molecule has 3 rings (SSSR count). The van der Waals surface area contributed by atoms with Crippen molar-refractivity contribution in [2.45, 2.75) is 27.2 Å². The number of halogens is 1. The number of aryl methyl sites for hydroxylation is 3. The number of hydrogen-bond donors (Lipinski definition) is 1. The summed E-state index contributed by atoms with van der Waals surface area (Å²) in [5.74, 6) is 0.852. The van der Waals surface area contributed by atoms with Crippen LogP contribution in [-0.2, 0) is 25.3 Å². The van der Waals surface area contributed by atoms with Crippen LogP contribution in [0.2, 0.25) is 0 Å². The van der Waals surface area contributed by atoms with Gasteiger partial charge in [0.15, 0.2) is 5.96 Å². The molecule has 0 aliphatic carbocycles. The molecule has 0 radical (unpaired) electrons. The lowest BCUT2D eigenvalue weighted by molar-refractivity contribution is -0.120. The zero-order chi connectivity index (χ0) is 20.3. The van der Waals surface area contributed by atoms with Gasteiger partial charge in [0, 0.05) is 52.2 Å². The van der Waals surface area contributed by atoms with E-state index >= 15 is 0 Å². The summed E-state index contributed by atoms with van der Waals surface area (Å²) >= 11 is 0. The molecular formula is C19H31IN8O. The van der Waals surface area contributed by atoms with Crippen molar-refractivity contribution in [1.82, 2.24) is 29.8 Å². The maximum absolute atomic E-state index is 12.7. The molecule has 3 heterocycles. The van der Waals surface area contributed by atoms with Crippen molar-refractivity contribution >= 4 is 41.5 Å². The number of nitrogens with one attached hydrogen (secondary N) is 1. The van der Waals surface area contributed by atoms with Crippen molar-refractivity contribution in [2.75, 3.05) is 37.6 Å². The maximum Gasteiger partial charge on any atom is 0.246 e. The molecule has 9 nitrogen and oxygen atoms in total. The fourth-order valence-electron chi connectivity index (χ4n) is 3.55. The van der Waals surface area contributed by atoms with Crippen LogP contribution >= 0.6 is 24.0 Å². The first-order chi connectivity index (χ1) is 13.4. The number of carbonyl (C=O) groups excluding carboxylic acids is 1. The summed E-state index contributed by atoms with van der Waals surface area (Å²) in [6, 6.07) is 0. The number of piperazine rings is 1. The lowest BCUT2D eigenvalue weighted by atomic mass is 10.1. The van der Waals surface area contributed by atoms with Crippen LogP contribution in [0.15, 0.2) is 17.4 Å². The van der Waals surface area contributed by atoms with E-state index in [1.807, 2.05) is 43.7 Å². The van der Waals surface area contributed by atoms with Crippen LogP contribution in [0.3, 0.4) is 0 Å². The highest BCUT2D eigenvalue weighted by molar-refractivity contribution is 14.0. The Hall–Kier alpha value is -2.11. The van der Waals surface area contributed by atoms with Crippen LogP contribution in [-0.4, -0.2) is 69.1 Å². The van der Waals surface area contributed by atoms with Crippen molar-refractivity contribution < 1.29 is 4.79 Å². The van der Waals surface area contributed by atoms with E-state index in [1.54, 1.807) is 15.8 Å². The van der Waals surface area contributed by atoms with E-state index in [0.29, 0.717) is 19.6 Å². The Labute approximate surface area is 189 Å². The van der Waals surface area contributed by atoms with Gasteiger partial charge in [-0.1, -0.05) is 0 Å². The third-order valence-electron chi connectivity index (χ3n) is 5.14. The lowest BCUT2D eigenvalue weighted by Crippen LogP contribution is -2.55. The molecule has 1 fully saturated rings. The molecule has 2 aromatic rings. The SMILES string of the molecule is CCNC(=NCCc1c(C)nn(C)c1C)N1CCN(c2cnn(C)c2)C(=O)C1.I. The number of anilines is 1. The summed E-state index contributed by atoms with van der Waals surface area (Å²) in [5.41, 5.74) is 4.33. The first kappa shape index (κ1) is 23.2. The minimum Gasteiger partial charge on any atom is -0.357 e. The molecular weight excluding hydrogens is 483 g/mol. The van der Waals surface area contributed by atoms with Gasteiger partial charge in [-0.25, -0.2) is 0 Å². The van der Waals surface area contributed by atoms with Crippen LogP contribution in [0, 0.1) is 13.8 Å². The molecule has 1 aliphatic rings. The van der Waals surface area contributed by atoms with Gasteiger partial charge in [0.2, 0.25) is 5.91 Å². The number of aromatic nitrogens is 4. The molecule has 2 aromatic heterocycles. The van der Waals surface area contributed by atoms with Crippen LogP contribution in [0.1, 0.15) is 23.9 Å². The van der Waals surface area contributed by atoms with Crippen molar-refractivity contribution in [3.05, 3.63) is 29.3 Å². The summed E-state index contributed by atoms with van der Waals surface area (Å²) in [4.78, 5) is 21.2. The summed E-state index contributed by atoms with van der Waals surface area (Å²) in [6.07, 6.45) is 4.43. The van der Waals surface area contributed by atoms with Gasteiger partial charge in [-0.3, -0.25) is 19.2 Å². The zero-order valence-electron chi connectivity index (χ0n) is 17.8. The second kappa shape index (κ2) is 10.1. The molecule has 0 atom stereocenters. The number of guanidine groups is 1. The summed E-state index contributed by atoms with van der Waals surface area (Å²) in [7, 11) is 3.82. The van der Waals surface area contributed by atoms with Crippen LogP contribution in [0.5, 0.6) is 0 Å². The van der Waals surface area contributed by atoms with Gasteiger partial charge < -0.3 is 15.1 Å². The van der Waals surface area contributed by atoms with E-state index in [2.05, 4.69) is 22.4 Å². The van der Waals surface area contributed by atoms with Gasteiger partial charge in [-0.15, -0.1) is 24.0 Å². The highest BCUT2D eigenvalue weighted by atomic mass is 127. The van der Waals surface area contributed by atoms with Gasteiger partial charge >= 0.3 is 0 Å². The molecule has 0 saturated carbocycles. The quantitative estimate of drug-likeness (QED) is 0.369. The van der Waals surface area contributed by atoms with Crippen molar-refractivity contribution in [1.29, 1.82) is 0 Å². The topological polar surface area (TPSA) is 83.6 Å². The number of aliphatic imine (C=N–C) groups is 1. The Morgan fingerprint density at radius 1 is 1.28 bits per heavy atom. The van der Waals surface area contributed by atoms with Crippen molar-refractivity contribution in [3.63, 3.8) is 0 Å². The van der Waals surface area contributed by atoms with Gasteiger partial charge in [-0.2, -0.15) is 10.2 Å². The fourth-order valence-corrected chi connectivity index (χ4v) is 3.55. The molecule has 1 aliphatic heterocycles. The molecule has 160 valence electrons. The molecule has 1 saturated heterocycles. The van der Waals surface area contributed by atoms with E-state index in [1.165, 1.54) is 11.3 Å². The molecule has 29 heavy (non-hydrogen) atoms. The predicted octanol–water partition coefficient (Wildman–Crippen LogP) is 1.25. The number of carbonyl (C=O) groups is 1. The van der Waals surface area contributed by atoms with Crippen LogP contribution in [0.4, 0.5) is 5.69 Å². The average molecular weight is 514 g/mol. The second-order valence-electron chi connectivity index (χ2n) is 7.10. The van der Waals surface area contributed by atoms with Crippen molar-refractivity contribution in [3.8, 4) is 0 Å². The predicted molar refractivity (Wildman–Crippen MR) is 125 cm³/mol. The van der Waals surface area contributed by atoms with E-state index in [0.717, 1.165) is 36.9 Å². The molecule has 10 heteroatoms. The largest absolute Gasteiger partial charge is 0.357 e. The summed E-state index contributed by atoms with van der Waals surface area (Å²) < 4.78 is 3.62. The summed E-state index contributed by atoms with van der Waals surface area (Å²) in [6.45, 7) is 9.25. The van der Waals surface area contributed by atoms with Gasteiger partial charge in [-0.05, 0) is 32.8 Å². The van der Waals surface area contributed by atoms with Gasteiger partial charge in [0.1, 0.15) is 6.54 Å². The van der Waals surface area contributed by atoms with E-state index in [-0.39, 0.29) is 29.9 Å². The highest BCUT2D eigenvalue weighted by Crippen LogP contribution is 2.16. The van der Waals surface area contributed by atoms with Crippen LogP contribution in [0.25, 0.3) is 0 Å². The first-order valence-electron chi connectivity index (χ1n) is 9.72. The third-order valence-corrected chi connectivity index (χ3v) is 5.14. The first-order valence-corrected chi connectivity index (χ1v) is 9.72. The smallest absolute Gasteiger partial charge is 0.246 e. The third kappa shape index (κ3) is 5.28. The van der Waals surface area contributed by atoms with Gasteiger partial charge in [0.25, 0.3) is 0 Å². The second-order valence-corrected chi connectivity index (χ2v) is 7.10. The number of nitrogens with zero attached hydrogens (tertiary/aromatic N) is 7. The molecule has 0 spiro atoms. The molecule has 1 amide bonds. The number of amides is 1. The fraction of sp³-hybridized carbons (Fsp3) is 0.579. The average Bonchev–Trinajstić information content (AvgIpc) is 3.18. The monoisotopic (exact) mass is 514 g/mol. The van der Waals surface area contributed by atoms with Gasteiger partial charge in [0.05, 0.1) is 17.6 Å². The standard InChI is InChI=1S/C19H30N8O.HI/c1-6-20-19(21-8-7-17-14(2)23-25(5)15(17)3)26-9-10-27(18(28)13-26)16-11-22-24(4)12-16;/h11-12H,6-10,13H2,1-5H3,(H,20,21);1H. The maximum atomic E-state index is 12.7. The minimum atomic E-state index is 0. The number of hydrogen-bond acceptors (Lipinski definition) is 4. The molecule has 1 N–H and O–H groups in total. The molecule has 0 aromatic carbocycles. The Balaban J connectivity index is 0.00000300. The van der Waals surface area contributed by atoms with E-state index in [4.69, 9.17) is 4.99 Å². The summed E-state index contributed by atoms with van der Waals surface area (Å²) in [5, 5.41) is 11.9. The van der Waals surface area contributed by atoms with Crippen LogP contribution < -0.4 is 10.2 Å². The Bertz CT molecular complexity index is 872. The van der Waals surface area contributed by atoms with E-state index in [9.17, 15) is 4.79 Å². The normalized spacial score (nSPS) is 14.9. The Morgan fingerprint density at radius 3 is 2.59 bits per heavy atom. The number of rotatable bonds is 5. The minimum absolute atomic E-state index is 0. The Kier molecular flexibility index (Phi) is 8.05.